The van der Waals surface area contributed by atoms with Crippen molar-refractivity contribution in [2.45, 2.75) is 11.3 Å². The molecule has 0 amide bonds. The van der Waals surface area contributed by atoms with E-state index in [1.54, 1.807) is 7.11 Å². The molecule has 0 aliphatic carbocycles. The van der Waals surface area contributed by atoms with E-state index in [0.717, 1.165) is 11.3 Å². The standard InChI is InChI=1S/C14H17N3O3S/c1-20-13-5-3-2-4-11(13)6-9-17-21(18,19)14-10-16-8-7-12(14)15/h2-5,7-8,10,17H,6,9H2,1H3,(H2,15,16). The van der Waals surface area contributed by atoms with Gasteiger partial charge in [0, 0.05) is 18.9 Å². The largest absolute Gasteiger partial charge is 0.496 e. The lowest BCUT2D eigenvalue weighted by Crippen LogP contribution is -2.27. The Bertz CT molecular complexity index is 717. The maximum atomic E-state index is 12.1. The molecule has 0 radical (unpaired) electrons. The van der Waals surface area contributed by atoms with Crippen molar-refractivity contribution in [3.63, 3.8) is 0 Å². The number of pyridine rings is 1. The van der Waals surface area contributed by atoms with Gasteiger partial charge in [-0.25, -0.2) is 13.1 Å². The fourth-order valence-electron chi connectivity index (χ4n) is 1.92. The number of anilines is 1. The fourth-order valence-corrected chi connectivity index (χ4v) is 3.03. The highest BCUT2D eigenvalue weighted by molar-refractivity contribution is 7.89. The number of benzene rings is 1. The van der Waals surface area contributed by atoms with E-state index in [1.807, 2.05) is 24.3 Å². The van der Waals surface area contributed by atoms with Gasteiger partial charge in [0.2, 0.25) is 10.0 Å². The minimum absolute atomic E-state index is 0.00923. The zero-order chi connectivity index (χ0) is 15.3. The minimum Gasteiger partial charge on any atom is -0.496 e. The summed E-state index contributed by atoms with van der Waals surface area (Å²) in [5.74, 6) is 0.734. The highest BCUT2D eigenvalue weighted by Crippen LogP contribution is 2.18. The molecule has 0 aliphatic rings. The van der Waals surface area contributed by atoms with E-state index in [4.69, 9.17) is 10.5 Å². The second-order valence-electron chi connectivity index (χ2n) is 4.37. The Hall–Kier alpha value is -2.12. The maximum Gasteiger partial charge on any atom is 0.244 e. The van der Waals surface area contributed by atoms with Crippen molar-refractivity contribution < 1.29 is 13.2 Å². The van der Waals surface area contributed by atoms with Crippen LogP contribution < -0.4 is 15.2 Å². The van der Waals surface area contributed by atoms with E-state index in [0.29, 0.717) is 6.42 Å². The first-order valence-electron chi connectivity index (χ1n) is 6.35. The molecule has 0 spiro atoms. The number of sulfonamides is 1. The van der Waals surface area contributed by atoms with Crippen LogP contribution in [0.5, 0.6) is 5.75 Å². The number of methoxy groups -OCH3 is 1. The van der Waals surface area contributed by atoms with Crippen molar-refractivity contribution in [1.29, 1.82) is 0 Å². The molecule has 2 rings (SSSR count). The summed E-state index contributed by atoms with van der Waals surface area (Å²) in [6.07, 6.45) is 3.20. The number of hydrogen-bond acceptors (Lipinski definition) is 5. The molecule has 21 heavy (non-hydrogen) atoms. The van der Waals surface area contributed by atoms with Gasteiger partial charge in [-0.05, 0) is 24.1 Å². The van der Waals surface area contributed by atoms with Crippen LogP contribution in [0.1, 0.15) is 5.56 Å². The quantitative estimate of drug-likeness (QED) is 0.836. The van der Waals surface area contributed by atoms with Gasteiger partial charge in [0.05, 0.1) is 12.8 Å². The van der Waals surface area contributed by atoms with Gasteiger partial charge in [0.1, 0.15) is 10.6 Å². The van der Waals surface area contributed by atoms with Crippen LogP contribution >= 0.6 is 0 Å². The third kappa shape index (κ3) is 3.71. The maximum absolute atomic E-state index is 12.1. The van der Waals surface area contributed by atoms with Crippen molar-refractivity contribution in [2.75, 3.05) is 19.4 Å². The monoisotopic (exact) mass is 307 g/mol. The van der Waals surface area contributed by atoms with E-state index in [1.165, 1.54) is 18.5 Å². The van der Waals surface area contributed by atoms with Gasteiger partial charge in [-0.15, -0.1) is 0 Å². The Balaban J connectivity index is 2.05. The lowest BCUT2D eigenvalue weighted by molar-refractivity contribution is 0.409. The van der Waals surface area contributed by atoms with Gasteiger partial charge >= 0.3 is 0 Å². The molecule has 2 aromatic rings. The molecule has 0 aliphatic heterocycles. The summed E-state index contributed by atoms with van der Waals surface area (Å²) in [6.45, 7) is 0.247. The van der Waals surface area contributed by atoms with Crippen LogP contribution in [0.25, 0.3) is 0 Å². The van der Waals surface area contributed by atoms with Crippen LogP contribution in [0.2, 0.25) is 0 Å². The second kappa shape index (κ2) is 6.55. The highest BCUT2D eigenvalue weighted by Gasteiger charge is 2.17. The molecule has 6 nitrogen and oxygen atoms in total. The molecule has 1 heterocycles. The topological polar surface area (TPSA) is 94.3 Å². The van der Waals surface area contributed by atoms with Crippen molar-refractivity contribution in [3.8, 4) is 5.75 Å². The lowest BCUT2D eigenvalue weighted by Gasteiger charge is -2.10. The average Bonchev–Trinajstić information content (AvgIpc) is 2.48. The van der Waals surface area contributed by atoms with Gasteiger partial charge in [0.25, 0.3) is 0 Å². The van der Waals surface area contributed by atoms with Crippen LogP contribution in [0.3, 0.4) is 0 Å². The summed E-state index contributed by atoms with van der Waals surface area (Å²) < 4.78 is 32.0. The zero-order valence-corrected chi connectivity index (χ0v) is 12.4. The summed E-state index contributed by atoms with van der Waals surface area (Å²) in [5.41, 5.74) is 6.76. The predicted octanol–water partition coefficient (Wildman–Crippen LogP) is 1.19. The predicted molar refractivity (Wildman–Crippen MR) is 80.5 cm³/mol. The SMILES string of the molecule is COc1ccccc1CCNS(=O)(=O)c1cnccc1N. The van der Waals surface area contributed by atoms with Gasteiger partial charge in [-0.3, -0.25) is 4.98 Å². The number of nitrogens with two attached hydrogens (primary N) is 1. The first kappa shape index (κ1) is 15.3. The molecule has 0 fully saturated rings. The van der Waals surface area contributed by atoms with Crippen LogP contribution in [-0.4, -0.2) is 27.1 Å². The Labute approximate surface area is 124 Å². The third-order valence-electron chi connectivity index (χ3n) is 2.98. The van der Waals surface area contributed by atoms with E-state index < -0.39 is 10.0 Å². The molecular formula is C14H17N3O3S. The van der Waals surface area contributed by atoms with Gasteiger partial charge in [0.15, 0.2) is 0 Å². The Kier molecular flexibility index (Phi) is 4.77. The lowest BCUT2D eigenvalue weighted by atomic mass is 10.1. The van der Waals surface area contributed by atoms with E-state index in [2.05, 4.69) is 9.71 Å². The van der Waals surface area contributed by atoms with Gasteiger partial charge < -0.3 is 10.5 Å². The smallest absolute Gasteiger partial charge is 0.244 e. The highest BCUT2D eigenvalue weighted by atomic mass is 32.2. The third-order valence-corrected chi connectivity index (χ3v) is 4.49. The van der Waals surface area contributed by atoms with E-state index in [-0.39, 0.29) is 17.1 Å². The number of para-hydroxylation sites is 1. The Morgan fingerprint density at radius 3 is 2.76 bits per heavy atom. The minimum atomic E-state index is -3.66. The summed E-state index contributed by atoms with van der Waals surface area (Å²) in [6, 6.07) is 8.93. The fraction of sp³-hybridized carbons (Fsp3) is 0.214. The molecule has 1 aromatic carbocycles. The number of nitrogens with one attached hydrogen (secondary N) is 1. The Morgan fingerprint density at radius 2 is 2.05 bits per heavy atom. The van der Waals surface area contributed by atoms with Crippen LogP contribution in [-0.2, 0) is 16.4 Å². The van der Waals surface area contributed by atoms with Crippen molar-refractivity contribution >= 4 is 15.7 Å². The number of aromatic nitrogens is 1. The number of nitrogen functional groups attached to an aromatic ring is 1. The molecule has 0 saturated heterocycles. The molecule has 3 N–H and O–H groups in total. The van der Waals surface area contributed by atoms with E-state index >= 15 is 0 Å². The summed E-state index contributed by atoms with van der Waals surface area (Å²) in [7, 11) is -2.08. The molecule has 0 unspecified atom stereocenters. The molecule has 7 heteroatoms. The van der Waals surface area contributed by atoms with Crippen molar-refractivity contribution in [2.24, 2.45) is 0 Å². The molecular weight excluding hydrogens is 290 g/mol. The average molecular weight is 307 g/mol. The first-order valence-corrected chi connectivity index (χ1v) is 7.84. The number of ether oxygens (including phenoxy) is 1. The van der Waals surface area contributed by atoms with Crippen LogP contribution in [0.4, 0.5) is 5.69 Å². The first-order chi connectivity index (χ1) is 10.0. The van der Waals surface area contributed by atoms with Crippen molar-refractivity contribution in [3.05, 3.63) is 48.3 Å². The number of rotatable bonds is 6. The second-order valence-corrected chi connectivity index (χ2v) is 6.11. The van der Waals surface area contributed by atoms with Crippen LogP contribution in [0, 0.1) is 0 Å². The van der Waals surface area contributed by atoms with Gasteiger partial charge in [-0.1, -0.05) is 18.2 Å². The number of hydrogen-bond donors (Lipinski definition) is 2. The van der Waals surface area contributed by atoms with E-state index in [9.17, 15) is 8.42 Å². The normalized spacial score (nSPS) is 11.3. The van der Waals surface area contributed by atoms with Crippen LogP contribution in [0.15, 0.2) is 47.6 Å². The van der Waals surface area contributed by atoms with Crippen molar-refractivity contribution in [1.82, 2.24) is 9.71 Å². The molecule has 0 bridgehead atoms. The molecule has 0 atom stereocenters. The summed E-state index contributed by atoms with van der Waals surface area (Å²) in [4.78, 5) is 3.78. The zero-order valence-electron chi connectivity index (χ0n) is 11.6. The summed E-state index contributed by atoms with van der Waals surface area (Å²) in [5, 5.41) is 0. The molecule has 112 valence electrons. The summed E-state index contributed by atoms with van der Waals surface area (Å²) >= 11 is 0. The molecule has 0 saturated carbocycles. The Morgan fingerprint density at radius 1 is 1.29 bits per heavy atom. The number of nitrogens with zero attached hydrogens (tertiary/aromatic N) is 1. The molecule has 1 aromatic heterocycles. The van der Waals surface area contributed by atoms with Gasteiger partial charge in [-0.2, -0.15) is 0 Å².